The van der Waals surface area contributed by atoms with E-state index >= 15 is 4.79 Å². The first-order valence-electron chi connectivity index (χ1n) is 29.9. The third-order valence-corrected chi connectivity index (χ3v) is 17.2. The van der Waals surface area contributed by atoms with Gasteiger partial charge in [0.25, 0.3) is 0 Å². The third-order valence-electron chi connectivity index (χ3n) is 17.2. The van der Waals surface area contributed by atoms with Crippen LogP contribution in [0.4, 0.5) is 4.79 Å². The van der Waals surface area contributed by atoms with Crippen molar-refractivity contribution in [2.24, 2.45) is 28.8 Å². The Balaban J connectivity index is 1.20. The molecule has 2 heterocycles. The Bertz CT molecular complexity index is 2350. The summed E-state index contributed by atoms with van der Waals surface area (Å²) in [6.07, 6.45) is 28.7. The van der Waals surface area contributed by atoms with Gasteiger partial charge < -0.3 is 44.2 Å². The maximum absolute atomic E-state index is 15.6. The van der Waals surface area contributed by atoms with Crippen molar-refractivity contribution in [3.8, 4) is 11.5 Å². The van der Waals surface area contributed by atoms with Crippen LogP contribution >= 0.6 is 0 Å². The summed E-state index contributed by atoms with van der Waals surface area (Å²) in [5.74, 6) is -0.535. The molecule has 0 aromatic heterocycles. The van der Waals surface area contributed by atoms with Gasteiger partial charge in [0.1, 0.15) is 17.5 Å². The number of nitrogens with zero attached hydrogens (tertiary/aromatic N) is 2. The van der Waals surface area contributed by atoms with Crippen molar-refractivity contribution in [1.29, 1.82) is 0 Å². The van der Waals surface area contributed by atoms with Crippen LogP contribution in [0, 0.1) is 23.7 Å². The molecule has 5 aliphatic rings. The standard InChI is InChI=1S/C64H91N3O9/c1-3-5-6-7-8-9-10-11-12-20-38-65-63(71)74-51-35-36-57-55(44-51)61-53(32-18-22-40-69)49(28-17-21-39-68)43-54-56(66-76-60-33-19-23-42-72-60)45-58(64(75-57,62(54)61)73-41-4-2)67(59(70)37-34-47-25-13-14-26-47)46-50-30-24-29-48-27-15-16-31-52(48)50/h4,15-16,24,27,29-31,35-36,43-44,47,49,53,58,60-62,68-69H,2-3,5-14,17-23,25-26,28,32-34,37-42,45-46H2,1H3,(H,65,71). The number of aliphatic hydroxyl groups is 2. The lowest BCUT2D eigenvalue weighted by Gasteiger charge is -2.60. The molecule has 2 saturated carbocycles. The molecule has 416 valence electrons. The molecular formula is C64H91N3O9. The van der Waals surface area contributed by atoms with E-state index in [1.54, 1.807) is 6.08 Å². The monoisotopic (exact) mass is 1050 g/mol. The van der Waals surface area contributed by atoms with Gasteiger partial charge in [0.2, 0.25) is 18.0 Å². The molecule has 2 amide bonds. The molecule has 1 saturated heterocycles. The van der Waals surface area contributed by atoms with Crippen LogP contribution < -0.4 is 14.8 Å². The van der Waals surface area contributed by atoms with E-state index in [0.29, 0.717) is 62.8 Å². The Labute approximate surface area is 454 Å². The summed E-state index contributed by atoms with van der Waals surface area (Å²) < 4.78 is 27.2. The highest BCUT2D eigenvalue weighted by Gasteiger charge is 2.65. The third kappa shape index (κ3) is 14.9. The molecule has 7 unspecified atom stereocenters. The minimum absolute atomic E-state index is 0.0148. The van der Waals surface area contributed by atoms with Crippen LogP contribution in [-0.2, 0) is 25.7 Å². The summed E-state index contributed by atoms with van der Waals surface area (Å²) in [5.41, 5.74) is 3.64. The predicted octanol–water partition coefficient (Wildman–Crippen LogP) is 14.0. The molecule has 12 nitrogen and oxygen atoms in total. The van der Waals surface area contributed by atoms with Crippen molar-refractivity contribution >= 4 is 28.5 Å². The second-order valence-electron chi connectivity index (χ2n) is 22.5. The first kappa shape index (κ1) is 57.4. The van der Waals surface area contributed by atoms with E-state index in [0.717, 1.165) is 117 Å². The SMILES string of the molecule is C=CCOC12Oc3ccc(OC(=O)NCCCCCCCCCCCC)cc3C3C(CCCCO)C(CCCCO)C=C(C(=NOC4CCCCO4)CC1N(Cc1cccc4ccccc14)C(=O)CCC1CCCC1)C32. The fourth-order valence-electron chi connectivity index (χ4n) is 13.3. The Morgan fingerprint density at radius 1 is 0.842 bits per heavy atom. The fraction of sp³-hybridized carbons (Fsp3) is 0.641. The predicted molar refractivity (Wildman–Crippen MR) is 301 cm³/mol. The number of carbonyl (C=O) groups excluding carboxylic acids is 2. The zero-order valence-electron chi connectivity index (χ0n) is 46.0. The van der Waals surface area contributed by atoms with E-state index in [4.69, 9.17) is 28.9 Å². The molecule has 0 radical (unpaired) electrons. The molecule has 3 N–H and O–H groups in total. The Hall–Kier alpha value is -4.75. The number of oxime groups is 1. The highest BCUT2D eigenvalue weighted by molar-refractivity contribution is 6.03. The van der Waals surface area contributed by atoms with Crippen LogP contribution in [-0.4, -0.2) is 83.9 Å². The molecule has 0 bridgehead atoms. The first-order chi connectivity index (χ1) is 37.4. The maximum atomic E-state index is 15.6. The van der Waals surface area contributed by atoms with Gasteiger partial charge in [-0.15, -0.1) is 6.58 Å². The minimum Gasteiger partial charge on any atom is -0.459 e. The summed E-state index contributed by atoms with van der Waals surface area (Å²) in [7, 11) is 0. The van der Waals surface area contributed by atoms with Gasteiger partial charge in [-0.05, 0) is 109 Å². The molecule has 8 rings (SSSR count). The highest BCUT2D eigenvalue weighted by atomic mass is 16.8. The number of fused-ring (bicyclic) bond motifs is 3. The number of hydrogen-bond donors (Lipinski definition) is 3. The Morgan fingerprint density at radius 3 is 2.33 bits per heavy atom. The summed E-state index contributed by atoms with van der Waals surface area (Å²) in [5, 5.41) is 30.6. The minimum atomic E-state index is -1.42. The number of ether oxygens (including phenoxy) is 4. The summed E-state index contributed by atoms with van der Waals surface area (Å²) >= 11 is 0. The first-order valence-corrected chi connectivity index (χ1v) is 29.9. The van der Waals surface area contributed by atoms with Crippen LogP contribution in [0.3, 0.4) is 0 Å². The lowest BCUT2D eigenvalue weighted by atomic mass is 9.55. The number of unbranched alkanes of at least 4 members (excludes halogenated alkanes) is 11. The molecule has 7 atom stereocenters. The fourth-order valence-corrected chi connectivity index (χ4v) is 13.3. The average molecular weight is 1050 g/mol. The smallest absolute Gasteiger partial charge is 0.412 e. The van der Waals surface area contributed by atoms with Crippen molar-refractivity contribution in [2.45, 2.75) is 204 Å². The molecule has 3 aromatic rings. The number of allylic oxidation sites excluding steroid dienone is 1. The number of hydrogen-bond acceptors (Lipinski definition) is 10. The maximum Gasteiger partial charge on any atom is 0.412 e. The van der Waals surface area contributed by atoms with Crippen molar-refractivity contribution in [2.75, 3.05) is 33.0 Å². The molecule has 76 heavy (non-hydrogen) atoms. The van der Waals surface area contributed by atoms with Gasteiger partial charge in [-0.3, -0.25) is 4.79 Å². The van der Waals surface area contributed by atoms with E-state index in [9.17, 15) is 15.0 Å². The summed E-state index contributed by atoms with van der Waals surface area (Å²) in [6, 6.07) is 19.7. The molecule has 2 aliphatic heterocycles. The van der Waals surface area contributed by atoms with Crippen molar-refractivity contribution in [3.63, 3.8) is 0 Å². The van der Waals surface area contributed by atoms with Gasteiger partial charge in [0.15, 0.2) is 0 Å². The van der Waals surface area contributed by atoms with Gasteiger partial charge in [-0.2, -0.15) is 0 Å². The largest absolute Gasteiger partial charge is 0.459 e. The van der Waals surface area contributed by atoms with Gasteiger partial charge in [-0.1, -0.05) is 163 Å². The lowest BCUT2D eigenvalue weighted by Crippen LogP contribution is -2.70. The van der Waals surface area contributed by atoms with Gasteiger partial charge in [0.05, 0.1) is 24.8 Å². The second-order valence-corrected chi connectivity index (χ2v) is 22.5. The Morgan fingerprint density at radius 2 is 1.58 bits per heavy atom. The average Bonchev–Trinajstić information content (AvgIpc) is 4.08. The van der Waals surface area contributed by atoms with Crippen molar-refractivity contribution < 1.29 is 43.6 Å². The van der Waals surface area contributed by atoms with Crippen LogP contribution in [0.1, 0.15) is 191 Å². The molecule has 0 spiro atoms. The number of aliphatic hydroxyl groups excluding tert-OH is 2. The second kappa shape index (κ2) is 29.8. The Kier molecular flexibility index (Phi) is 22.5. The van der Waals surface area contributed by atoms with Crippen molar-refractivity contribution in [1.82, 2.24) is 10.2 Å². The van der Waals surface area contributed by atoms with E-state index in [1.807, 2.05) is 18.2 Å². The molecule has 3 aromatic carbocycles. The number of rotatable bonds is 31. The number of benzene rings is 3. The summed E-state index contributed by atoms with van der Waals surface area (Å²) in [6.45, 7) is 8.23. The quantitative estimate of drug-likeness (QED) is 0.0325. The number of amides is 2. The molecule has 3 fully saturated rings. The van der Waals surface area contributed by atoms with Crippen LogP contribution in [0.5, 0.6) is 11.5 Å². The van der Waals surface area contributed by atoms with E-state index in [2.05, 4.69) is 72.3 Å². The molecule has 12 heteroatoms. The normalized spacial score (nSPS) is 24.6. The zero-order chi connectivity index (χ0) is 53.0. The topological polar surface area (TPSA) is 148 Å². The number of carbonyl (C=O) groups is 2. The van der Waals surface area contributed by atoms with Gasteiger partial charge in [0, 0.05) is 57.0 Å². The zero-order valence-corrected chi connectivity index (χ0v) is 46.0. The van der Waals surface area contributed by atoms with E-state index in [-0.39, 0.29) is 43.5 Å². The van der Waals surface area contributed by atoms with E-state index in [1.165, 1.54) is 57.8 Å². The van der Waals surface area contributed by atoms with E-state index < -0.39 is 30.1 Å². The molecular weight excluding hydrogens is 955 g/mol. The van der Waals surface area contributed by atoms with Gasteiger partial charge in [-0.25, -0.2) is 4.79 Å². The van der Waals surface area contributed by atoms with Crippen LogP contribution in [0.2, 0.25) is 0 Å². The molecule has 3 aliphatic carbocycles. The number of nitrogens with one attached hydrogen (secondary N) is 1. The van der Waals surface area contributed by atoms with Crippen LogP contribution in [0.25, 0.3) is 10.8 Å². The lowest BCUT2D eigenvalue weighted by molar-refractivity contribution is -0.258. The van der Waals surface area contributed by atoms with Crippen LogP contribution in [0.15, 0.2) is 90.1 Å². The van der Waals surface area contributed by atoms with Gasteiger partial charge >= 0.3 is 6.09 Å². The van der Waals surface area contributed by atoms with Crippen molar-refractivity contribution in [3.05, 3.63) is 96.1 Å². The summed E-state index contributed by atoms with van der Waals surface area (Å²) in [4.78, 5) is 37.7. The highest BCUT2D eigenvalue weighted by Crippen LogP contribution is 2.62.